The van der Waals surface area contributed by atoms with Crippen LogP contribution in [0.3, 0.4) is 0 Å². The first-order valence-corrected chi connectivity index (χ1v) is 9.31. The third-order valence-electron chi connectivity index (χ3n) is 5.70. The summed E-state index contributed by atoms with van der Waals surface area (Å²) in [5, 5.41) is 8.58. The molecule has 3 heterocycles. The Hall–Kier alpha value is -2.37. The van der Waals surface area contributed by atoms with E-state index in [1.807, 2.05) is 0 Å². The zero-order valence-electron chi connectivity index (χ0n) is 14.5. The molecule has 2 aromatic heterocycles. The lowest BCUT2D eigenvalue weighted by Crippen LogP contribution is -2.35. The van der Waals surface area contributed by atoms with Gasteiger partial charge >= 0.3 is 6.01 Å². The zero-order chi connectivity index (χ0) is 16.8. The molecule has 0 unspecified atom stereocenters. The van der Waals surface area contributed by atoms with Gasteiger partial charge in [0, 0.05) is 24.9 Å². The van der Waals surface area contributed by atoms with Gasteiger partial charge in [0.15, 0.2) is 0 Å². The molecule has 6 nitrogen and oxygen atoms in total. The summed E-state index contributed by atoms with van der Waals surface area (Å²) < 4.78 is 5.96. The van der Waals surface area contributed by atoms with Crippen LogP contribution in [-0.2, 0) is 0 Å². The van der Waals surface area contributed by atoms with Crippen LogP contribution in [-0.4, -0.2) is 33.3 Å². The Bertz CT molecular complexity index is 894. The highest BCUT2D eigenvalue weighted by molar-refractivity contribution is 5.78. The second kappa shape index (κ2) is 5.86. The molecule has 0 amide bonds. The van der Waals surface area contributed by atoms with Crippen LogP contribution in [0.2, 0.25) is 0 Å². The van der Waals surface area contributed by atoms with Gasteiger partial charge in [0.2, 0.25) is 5.89 Å². The Labute approximate surface area is 146 Å². The van der Waals surface area contributed by atoms with E-state index in [2.05, 4.69) is 45.2 Å². The van der Waals surface area contributed by atoms with Crippen molar-refractivity contribution in [1.29, 1.82) is 0 Å². The van der Waals surface area contributed by atoms with Gasteiger partial charge in [-0.1, -0.05) is 23.7 Å². The molecule has 1 saturated heterocycles. The van der Waals surface area contributed by atoms with Gasteiger partial charge in [-0.25, -0.2) is 4.98 Å². The molecule has 3 aromatic rings. The first kappa shape index (κ1) is 14.9. The Morgan fingerprint density at radius 2 is 2.00 bits per heavy atom. The standard InChI is InChI=1S/C19H23N5O/c1-12-5-2-9-15-16(12)21-17(20-15)14-8-4-10-24(11-14)19-23-22-18(25-19)13-6-3-7-13/h2,5,9,13-14H,3-4,6-8,10-11H2,1H3,(H,20,21)/t14-/m0/s1. The Morgan fingerprint density at radius 1 is 1.12 bits per heavy atom. The highest BCUT2D eigenvalue weighted by Gasteiger charge is 2.29. The van der Waals surface area contributed by atoms with Gasteiger partial charge in [-0.2, -0.15) is 0 Å². The van der Waals surface area contributed by atoms with Crippen molar-refractivity contribution in [2.75, 3.05) is 18.0 Å². The number of rotatable bonds is 3. The lowest BCUT2D eigenvalue weighted by atomic mass is 9.85. The first-order valence-electron chi connectivity index (χ1n) is 9.31. The molecule has 0 bridgehead atoms. The molecule has 1 aliphatic carbocycles. The number of aromatic amines is 1. The Kier molecular flexibility index (Phi) is 3.50. The number of anilines is 1. The average molecular weight is 337 g/mol. The van der Waals surface area contributed by atoms with Crippen LogP contribution >= 0.6 is 0 Å². The number of hydrogen-bond acceptors (Lipinski definition) is 5. The fraction of sp³-hybridized carbons (Fsp3) is 0.526. The maximum absolute atomic E-state index is 5.96. The summed E-state index contributed by atoms with van der Waals surface area (Å²) in [6.07, 6.45) is 5.89. The topological polar surface area (TPSA) is 70.8 Å². The van der Waals surface area contributed by atoms with Crippen LogP contribution in [0.25, 0.3) is 11.0 Å². The predicted molar refractivity (Wildman–Crippen MR) is 95.9 cm³/mol. The van der Waals surface area contributed by atoms with Gasteiger partial charge in [-0.3, -0.25) is 0 Å². The SMILES string of the molecule is Cc1cccc2[nH]c([C@H]3CCCN(c4nnc(C5CCC5)o4)C3)nc12. The van der Waals surface area contributed by atoms with Crippen molar-refractivity contribution in [2.24, 2.45) is 0 Å². The minimum atomic E-state index is 0.375. The summed E-state index contributed by atoms with van der Waals surface area (Å²) in [4.78, 5) is 10.6. The van der Waals surface area contributed by atoms with E-state index in [1.165, 1.54) is 24.8 Å². The normalized spacial score (nSPS) is 21.6. The largest absolute Gasteiger partial charge is 0.408 e. The highest BCUT2D eigenvalue weighted by atomic mass is 16.4. The van der Waals surface area contributed by atoms with Crippen molar-refractivity contribution in [1.82, 2.24) is 20.2 Å². The molecule has 130 valence electrons. The number of nitrogens with one attached hydrogen (secondary N) is 1. The number of hydrogen-bond donors (Lipinski definition) is 1. The smallest absolute Gasteiger partial charge is 0.318 e. The van der Waals surface area contributed by atoms with E-state index < -0.39 is 0 Å². The van der Waals surface area contributed by atoms with Gasteiger partial charge in [-0.15, -0.1) is 5.10 Å². The number of para-hydroxylation sites is 1. The van der Waals surface area contributed by atoms with Gasteiger partial charge in [0.1, 0.15) is 5.82 Å². The molecule has 2 fully saturated rings. The van der Waals surface area contributed by atoms with E-state index in [0.29, 0.717) is 17.9 Å². The molecule has 1 aliphatic heterocycles. The molecule has 6 heteroatoms. The summed E-state index contributed by atoms with van der Waals surface area (Å²) >= 11 is 0. The molecule has 25 heavy (non-hydrogen) atoms. The van der Waals surface area contributed by atoms with Crippen molar-refractivity contribution in [3.05, 3.63) is 35.5 Å². The lowest BCUT2D eigenvalue weighted by molar-refractivity contribution is 0.332. The lowest BCUT2D eigenvalue weighted by Gasteiger charge is -2.30. The quantitative estimate of drug-likeness (QED) is 0.785. The summed E-state index contributed by atoms with van der Waals surface area (Å²) in [6, 6.07) is 6.97. The molecule has 1 atom stereocenters. The molecule has 2 aliphatic rings. The summed E-state index contributed by atoms with van der Waals surface area (Å²) in [6.45, 7) is 3.97. The Morgan fingerprint density at radius 3 is 2.80 bits per heavy atom. The number of imidazole rings is 1. The number of aromatic nitrogens is 4. The fourth-order valence-corrected chi connectivity index (χ4v) is 3.94. The molecule has 0 radical (unpaired) electrons. The second-order valence-corrected chi connectivity index (χ2v) is 7.43. The molecular formula is C19H23N5O. The predicted octanol–water partition coefficient (Wildman–Crippen LogP) is 3.91. The number of H-pyrrole nitrogens is 1. The van der Waals surface area contributed by atoms with Crippen LogP contribution in [0.4, 0.5) is 6.01 Å². The van der Waals surface area contributed by atoms with Crippen LogP contribution < -0.4 is 4.90 Å². The van der Waals surface area contributed by atoms with E-state index in [1.54, 1.807) is 0 Å². The summed E-state index contributed by atoms with van der Waals surface area (Å²) in [5.74, 6) is 2.76. The molecular weight excluding hydrogens is 314 g/mol. The maximum atomic E-state index is 5.96. The van der Waals surface area contributed by atoms with Crippen molar-refractivity contribution >= 4 is 17.0 Å². The van der Waals surface area contributed by atoms with Crippen molar-refractivity contribution < 1.29 is 4.42 Å². The van der Waals surface area contributed by atoms with Crippen LogP contribution in [0.15, 0.2) is 22.6 Å². The number of piperidine rings is 1. The third-order valence-corrected chi connectivity index (χ3v) is 5.70. The average Bonchev–Trinajstić information content (AvgIpc) is 3.21. The maximum Gasteiger partial charge on any atom is 0.318 e. The van der Waals surface area contributed by atoms with E-state index in [9.17, 15) is 0 Å². The minimum absolute atomic E-state index is 0.375. The molecule has 1 aromatic carbocycles. The highest BCUT2D eigenvalue weighted by Crippen LogP contribution is 2.37. The Balaban J connectivity index is 1.37. The van der Waals surface area contributed by atoms with E-state index in [0.717, 1.165) is 48.7 Å². The van der Waals surface area contributed by atoms with Crippen LogP contribution in [0, 0.1) is 6.92 Å². The molecule has 5 rings (SSSR count). The first-order chi connectivity index (χ1) is 12.3. The van der Waals surface area contributed by atoms with Crippen LogP contribution in [0.5, 0.6) is 0 Å². The van der Waals surface area contributed by atoms with Crippen molar-refractivity contribution in [2.45, 2.75) is 50.9 Å². The molecule has 1 saturated carbocycles. The number of nitrogens with zero attached hydrogens (tertiary/aromatic N) is 4. The van der Waals surface area contributed by atoms with E-state index in [4.69, 9.17) is 9.40 Å². The number of aryl methyl sites for hydroxylation is 1. The van der Waals surface area contributed by atoms with Gasteiger partial charge < -0.3 is 14.3 Å². The van der Waals surface area contributed by atoms with E-state index in [-0.39, 0.29) is 0 Å². The van der Waals surface area contributed by atoms with Crippen LogP contribution in [0.1, 0.15) is 61.2 Å². The summed E-state index contributed by atoms with van der Waals surface area (Å²) in [7, 11) is 0. The number of fused-ring (bicyclic) bond motifs is 1. The van der Waals surface area contributed by atoms with Crippen molar-refractivity contribution in [3.8, 4) is 0 Å². The van der Waals surface area contributed by atoms with Gasteiger partial charge in [-0.05, 0) is 44.2 Å². The van der Waals surface area contributed by atoms with Crippen molar-refractivity contribution in [3.63, 3.8) is 0 Å². The zero-order valence-corrected chi connectivity index (χ0v) is 14.5. The van der Waals surface area contributed by atoms with Gasteiger partial charge in [0.05, 0.1) is 11.0 Å². The number of benzene rings is 1. The monoisotopic (exact) mass is 337 g/mol. The molecule has 0 spiro atoms. The fourth-order valence-electron chi connectivity index (χ4n) is 3.94. The van der Waals surface area contributed by atoms with E-state index >= 15 is 0 Å². The molecule has 1 N–H and O–H groups in total. The summed E-state index contributed by atoms with van der Waals surface area (Å²) in [5.41, 5.74) is 3.42. The second-order valence-electron chi connectivity index (χ2n) is 7.43. The van der Waals surface area contributed by atoms with Gasteiger partial charge in [0.25, 0.3) is 0 Å². The minimum Gasteiger partial charge on any atom is -0.408 e. The third kappa shape index (κ3) is 2.60.